The minimum atomic E-state index is -0.692. The number of hydrogen-bond donors (Lipinski definition) is 0. The fraction of sp³-hybridized carbons (Fsp3) is 0.111. The number of rotatable bonds is 3. The summed E-state index contributed by atoms with van der Waals surface area (Å²) < 4.78 is 4.72. The summed E-state index contributed by atoms with van der Waals surface area (Å²) in [4.78, 5) is 13.3. The molecule has 4 nitrogen and oxygen atoms in total. The van der Waals surface area contributed by atoms with Gasteiger partial charge in [-0.2, -0.15) is 4.79 Å². The molecule has 0 radical (unpaired) electrons. The summed E-state index contributed by atoms with van der Waals surface area (Å²) in [5, 5.41) is 0.622. The molecule has 1 rings (SSSR count). The lowest BCUT2D eigenvalue weighted by molar-refractivity contribution is -0.140. The van der Waals surface area contributed by atoms with Crippen LogP contribution >= 0.6 is 11.6 Å². The molecule has 0 aromatic heterocycles. The predicted molar refractivity (Wildman–Crippen MR) is 50.9 cm³/mol. The van der Waals surface area contributed by atoms with Gasteiger partial charge in [0.05, 0.1) is 0 Å². The van der Waals surface area contributed by atoms with E-state index in [1.54, 1.807) is 24.3 Å². The van der Waals surface area contributed by atoms with Gasteiger partial charge in [0.15, 0.2) is 0 Å². The van der Waals surface area contributed by atoms with Gasteiger partial charge in [0, 0.05) is 5.02 Å². The summed E-state index contributed by atoms with van der Waals surface area (Å²) in [6.45, 7) is 0.127. The molecule has 0 N–H and O–H groups in total. The Balaban J connectivity index is 2.49. The van der Waals surface area contributed by atoms with Crippen LogP contribution in [-0.2, 0) is 16.1 Å². The standard InChI is InChI=1S/C9H7ClN2O2/c10-8-3-1-7(2-4-8)6-14-9(13)5-12-11/h1-5H,6H2. The van der Waals surface area contributed by atoms with Crippen molar-refractivity contribution >= 4 is 23.8 Å². The van der Waals surface area contributed by atoms with Crippen molar-refractivity contribution in [3.63, 3.8) is 0 Å². The third kappa shape index (κ3) is 3.39. The van der Waals surface area contributed by atoms with E-state index in [9.17, 15) is 4.79 Å². The Bertz CT molecular complexity index is 369. The maximum absolute atomic E-state index is 10.7. The molecule has 0 aliphatic heterocycles. The monoisotopic (exact) mass is 210 g/mol. The number of nitrogens with zero attached hydrogens (tertiary/aromatic N) is 2. The van der Waals surface area contributed by atoms with Crippen LogP contribution in [0.2, 0.25) is 5.02 Å². The number of benzene rings is 1. The Morgan fingerprint density at radius 1 is 1.50 bits per heavy atom. The van der Waals surface area contributed by atoms with Crippen molar-refractivity contribution in [3.05, 3.63) is 40.4 Å². The molecular formula is C9H7ClN2O2. The van der Waals surface area contributed by atoms with Crippen LogP contribution in [0.4, 0.5) is 0 Å². The zero-order valence-electron chi connectivity index (χ0n) is 7.18. The van der Waals surface area contributed by atoms with E-state index in [1.807, 2.05) is 0 Å². The third-order valence-corrected chi connectivity index (χ3v) is 1.71. The second-order valence-corrected chi connectivity index (χ2v) is 2.92. The second-order valence-electron chi connectivity index (χ2n) is 2.48. The van der Waals surface area contributed by atoms with Crippen molar-refractivity contribution < 1.29 is 14.3 Å². The number of halogens is 1. The molecule has 0 saturated carbocycles. The van der Waals surface area contributed by atoms with E-state index >= 15 is 0 Å². The largest absolute Gasteiger partial charge is 0.452 e. The van der Waals surface area contributed by atoms with Crippen molar-refractivity contribution in [2.75, 3.05) is 0 Å². The molecule has 0 atom stereocenters. The molecule has 0 aliphatic rings. The van der Waals surface area contributed by atoms with Gasteiger partial charge in [0.25, 0.3) is 0 Å². The number of hydrogen-bond acceptors (Lipinski definition) is 2. The molecule has 1 aromatic rings. The molecule has 0 bridgehead atoms. The Labute approximate surface area is 85.7 Å². The van der Waals surface area contributed by atoms with Crippen molar-refractivity contribution in [1.29, 1.82) is 0 Å². The molecular weight excluding hydrogens is 204 g/mol. The molecule has 1 aromatic carbocycles. The van der Waals surface area contributed by atoms with Crippen LogP contribution in [0.15, 0.2) is 24.3 Å². The minimum absolute atomic E-state index is 0.127. The smallest absolute Gasteiger partial charge is 0.413 e. The van der Waals surface area contributed by atoms with E-state index in [2.05, 4.69) is 4.79 Å². The van der Waals surface area contributed by atoms with Crippen LogP contribution in [0.1, 0.15) is 5.56 Å². The van der Waals surface area contributed by atoms with Crippen molar-refractivity contribution in [3.8, 4) is 0 Å². The van der Waals surface area contributed by atoms with Crippen molar-refractivity contribution in [2.45, 2.75) is 6.61 Å². The lowest BCUT2D eigenvalue weighted by atomic mass is 10.2. The van der Waals surface area contributed by atoms with Gasteiger partial charge in [-0.05, 0) is 17.7 Å². The minimum Gasteiger partial charge on any atom is -0.452 e. The molecule has 0 heterocycles. The molecule has 0 fully saturated rings. The van der Waals surface area contributed by atoms with E-state index in [4.69, 9.17) is 21.9 Å². The summed E-state index contributed by atoms with van der Waals surface area (Å²) >= 11 is 5.66. The van der Waals surface area contributed by atoms with Crippen molar-refractivity contribution in [1.82, 2.24) is 0 Å². The lowest BCUT2D eigenvalue weighted by Gasteiger charge is -1.99. The first kappa shape index (κ1) is 10.4. The van der Waals surface area contributed by atoms with Gasteiger partial charge in [-0.3, -0.25) is 0 Å². The van der Waals surface area contributed by atoms with Crippen LogP contribution in [-0.4, -0.2) is 17.0 Å². The van der Waals surface area contributed by atoms with Gasteiger partial charge < -0.3 is 10.3 Å². The zero-order valence-corrected chi connectivity index (χ0v) is 7.94. The molecule has 0 unspecified atom stereocenters. The summed E-state index contributed by atoms with van der Waals surface area (Å²) in [5.74, 6) is -0.692. The van der Waals surface area contributed by atoms with Crippen molar-refractivity contribution in [2.24, 2.45) is 0 Å². The number of carbonyl (C=O) groups is 1. The summed E-state index contributed by atoms with van der Waals surface area (Å²) in [6, 6.07) is 6.88. The molecule has 0 aliphatic carbocycles. The maximum Gasteiger partial charge on any atom is 0.413 e. The third-order valence-electron chi connectivity index (χ3n) is 1.46. The Morgan fingerprint density at radius 3 is 2.71 bits per heavy atom. The van der Waals surface area contributed by atoms with Crippen LogP contribution in [0.25, 0.3) is 5.53 Å². The fourth-order valence-electron chi connectivity index (χ4n) is 0.820. The molecule has 72 valence electrons. The molecule has 14 heavy (non-hydrogen) atoms. The average molecular weight is 211 g/mol. The Morgan fingerprint density at radius 2 is 2.14 bits per heavy atom. The summed E-state index contributed by atoms with van der Waals surface area (Å²) in [6.07, 6.45) is 0.690. The van der Waals surface area contributed by atoms with E-state index < -0.39 is 5.97 Å². The molecule has 0 spiro atoms. The van der Waals surface area contributed by atoms with Gasteiger partial charge in [0.2, 0.25) is 0 Å². The van der Waals surface area contributed by atoms with E-state index in [1.165, 1.54) is 0 Å². The first-order valence-electron chi connectivity index (χ1n) is 3.81. The zero-order chi connectivity index (χ0) is 10.4. The van der Waals surface area contributed by atoms with Gasteiger partial charge in [-0.15, -0.1) is 0 Å². The summed E-state index contributed by atoms with van der Waals surface area (Å²) in [7, 11) is 0. The highest BCUT2D eigenvalue weighted by atomic mass is 35.5. The maximum atomic E-state index is 10.7. The van der Waals surface area contributed by atoms with Crippen LogP contribution < -0.4 is 0 Å². The highest BCUT2D eigenvalue weighted by Crippen LogP contribution is 2.09. The second kappa shape index (κ2) is 5.17. The molecule has 5 heteroatoms. The van der Waals surface area contributed by atoms with Gasteiger partial charge in [-0.25, -0.2) is 4.79 Å². The van der Waals surface area contributed by atoms with Gasteiger partial charge in [0.1, 0.15) is 6.61 Å². The van der Waals surface area contributed by atoms with Gasteiger partial charge in [-0.1, -0.05) is 23.7 Å². The Hall–Kier alpha value is -1.64. The van der Waals surface area contributed by atoms with Gasteiger partial charge >= 0.3 is 12.2 Å². The average Bonchev–Trinajstić information content (AvgIpc) is 2.17. The van der Waals surface area contributed by atoms with Crippen LogP contribution in [0, 0.1) is 0 Å². The number of esters is 1. The fourth-order valence-corrected chi connectivity index (χ4v) is 0.945. The SMILES string of the molecule is [N-]=[N+]=CC(=O)OCc1ccc(Cl)cc1. The number of carbonyl (C=O) groups excluding carboxylic acids is 1. The van der Waals surface area contributed by atoms with Crippen LogP contribution in [0.3, 0.4) is 0 Å². The normalized spacial score (nSPS) is 8.93. The van der Waals surface area contributed by atoms with E-state index in [-0.39, 0.29) is 6.61 Å². The topological polar surface area (TPSA) is 62.7 Å². The lowest BCUT2D eigenvalue weighted by Crippen LogP contribution is -2.05. The molecule has 0 saturated heterocycles. The first-order chi connectivity index (χ1) is 6.72. The summed E-state index contributed by atoms with van der Waals surface area (Å²) in [5.41, 5.74) is 8.84. The first-order valence-corrected chi connectivity index (χ1v) is 4.19. The van der Waals surface area contributed by atoms with E-state index in [0.717, 1.165) is 5.56 Å². The quantitative estimate of drug-likeness (QED) is 0.330. The molecule has 0 amide bonds. The highest BCUT2D eigenvalue weighted by molar-refractivity contribution is 6.30. The van der Waals surface area contributed by atoms with Crippen LogP contribution in [0.5, 0.6) is 0 Å². The predicted octanol–water partition coefficient (Wildman–Crippen LogP) is 1.68. The number of ether oxygens (including phenoxy) is 1. The Kier molecular flexibility index (Phi) is 3.85. The van der Waals surface area contributed by atoms with E-state index in [0.29, 0.717) is 11.2 Å². The highest BCUT2D eigenvalue weighted by Gasteiger charge is 2.02.